The van der Waals surface area contributed by atoms with Gasteiger partial charge in [0.2, 0.25) is 0 Å². The van der Waals surface area contributed by atoms with Crippen LogP contribution in [-0.4, -0.2) is 15.7 Å². The fourth-order valence-electron chi connectivity index (χ4n) is 6.71. The summed E-state index contributed by atoms with van der Waals surface area (Å²) in [6.07, 6.45) is 0. The Morgan fingerprint density at radius 1 is 0.289 bits per heavy atom. The molecule has 0 N–H and O–H groups in total. The van der Waals surface area contributed by atoms with Crippen LogP contribution in [0.1, 0.15) is 0 Å². The molecule has 0 aliphatic rings. The summed E-state index contributed by atoms with van der Waals surface area (Å²) in [5.74, 6) is 0. The van der Waals surface area contributed by atoms with Crippen LogP contribution in [0.4, 0.5) is 0 Å². The van der Waals surface area contributed by atoms with Gasteiger partial charge in [-0.3, -0.25) is 0 Å². The zero-order valence-electron chi connectivity index (χ0n) is 21.5. The van der Waals surface area contributed by atoms with Gasteiger partial charge in [0.1, 0.15) is 15.7 Å². The third-order valence-electron chi connectivity index (χ3n) is 8.62. The maximum atomic E-state index is 2.43. The molecule has 0 spiro atoms. The number of rotatable bonds is 1. The minimum atomic E-state index is 1.29. The van der Waals surface area contributed by atoms with Gasteiger partial charge < -0.3 is 0 Å². The van der Waals surface area contributed by atoms with Crippen LogP contribution in [0.2, 0.25) is 0 Å². The number of benzene rings is 8. The summed E-state index contributed by atoms with van der Waals surface area (Å²) in [4.78, 5) is 0. The van der Waals surface area contributed by atoms with E-state index in [1.165, 1.54) is 86.7 Å². The molecule has 0 radical (unpaired) electrons. The van der Waals surface area contributed by atoms with Crippen molar-refractivity contribution in [3.63, 3.8) is 0 Å². The van der Waals surface area contributed by atoms with E-state index in [0.29, 0.717) is 0 Å². The Morgan fingerprint density at radius 2 is 0.763 bits per heavy atom. The van der Waals surface area contributed by atoms with Crippen LogP contribution in [0.3, 0.4) is 0 Å². The van der Waals surface area contributed by atoms with Gasteiger partial charge in [-0.2, -0.15) is 0 Å². The molecule has 0 atom stereocenters. The molecule has 0 saturated carbocycles. The summed E-state index contributed by atoms with van der Waals surface area (Å²) in [6, 6.07) is 45.0. The van der Waals surface area contributed by atoms with Crippen molar-refractivity contribution in [3.8, 4) is 11.1 Å². The first-order valence-electron chi connectivity index (χ1n) is 13.4. The van der Waals surface area contributed by atoms with E-state index >= 15 is 0 Å². The lowest BCUT2D eigenvalue weighted by molar-refractivity contribution is 1.73. The molecule has 2 heteroatoms. The van der Waals surface area contributed by atoms with Crippen molar-refractivity contribution in [1.82, 2.24) is 0 Å². The molecule has 174 valence electrons. The van der Waals surface area contributed by atoms with Crippen molar-refractivity contribution >= 4 is 91.3 Å². The third-order valence-corrected chi connectivity index (χ3v) is 8.62. The van der Waals surface area contributed by atoms with Crippen LogP contribution >= 0.6 is 0 Å². The highest BCUT2D eigenvalue weighted by Crippen LogP contribution is 2.40. The molecule has 0 fully saturated rings. The second kappa shape index (κ2) is 7.97. The maximum Gasteiger partial charge on any atom is 0.140 e. The first kappa shape index (κ1) is 21.5. The molecule has 0 amide bonds. The number of fused-ring (bicyclic) bond motifs is 8. The molecule has 38 heavy (non-hydrogen) atoms. The molecule has 8 aromatic carbocycles. The van der Waals surface area contributed by atoms with Crippen LogP contribution in [0.25, 0.3) is 75.8 Å². The molecule has 8 aromatic rings. The summed E-state index contributed by atoms with van der Waals surface area (Å²) in [6.45, 7) is 0. The van der Waals surface area contributed by atoms with Crippen molar-refractivity contribution in [2.45, 2.75) is 0 Å². The molecular formula is C36H24B2. The summed E-state index contributed by atoms with van der Waals surface area (Å²) in [5, 5.41) is 15.8. The van der Waals surface area contributed by atoms with Gasteiger partial charge in [0.15, 0.2) is 0 Å². The second-order valence-electron chi connectivity index (χ2n) is 10.6. The number of hydrogen-bond donors (Lipinski definition) is 0. The number of hydrogen-bond acceptors (Lipinski definition) is 0. The second-order valence-corrected chi connectivity index (χ2v) is 10.6. The average molecular weight is 478 g/mol. The third kappa shape index (κ3) is 2.95. The Bertz CT molecular complexity index is 2260. The summed E-state index contributed by atoms with van der Waals surface area (Å²) in [7, 11) is 4.53. The summed E-state index contributed by atoms with van der Waals surface area (Å²) < 4.78 is 0. The van der Waals surface area contributed by atoms with Gasteiger partial charge in [0.05, 0.1) is 0 Å². The van der Waals surface area contributed by atoms with E-state index in [9.17, 15) is 0 Å². The normalized spacial score (nSPS) is 11.9. The van der Waals surface area contributed by atoms with Crippen LogP contribution in [-0.2, 0) is 0 Å². The van der Waals surface area contributed by atoms with Crippen molar-refractivity contribution < 1.29 is 0 Å². The topological polar surface area (TPSA) is 0 Å². The van der Waals surface area contributed by atoms with Crippen LogP contribution in [0.15, 0.2) is 121 Å². The molecule has 0 aliphatic carbocycles. The molecule has 0 unspecified atom stereocenters. The predicted octanol–water partition coefficient (Wildman–Crippen LogP) is 6.79. The smallest absolute Gasteiger partial charge is 0.0736 e. The molecule has 0 aromatic heterocycles. The molecule has 0 bridgehead atoms. The van der Waals surface area contributed by atoms with E-state index in [4.69, 9.17) is 0 Å². The van der Waals surface area contributed by atoms with Crippen molar-refractivity contribution in [2.75, 3.05) is 0 Å². The minimum Gasteiger partial charge on any atom is -0.0736 e. The van der Waals surface area contributed by atoms with Crippen LogP contribution < -0.4 is 10.9 Å². The highest BCUT2D eigenvalue weighted by atomic mass is 14.2. The Balaban J connectivity index is 1.51. The first-order chi connectivity index (χ1) is 18.7. The Labute approximate surface area is 223 Å². The largest absolute Gasteiger partial charge is 0.140 e. The predicted molar refractivity (Wildman–Crippen MR) is 173 cm³/mol. The Kier molecular flexibility index (Phi) is 4.52. The van der Waals surface area contributed by atoms with Crippen molar-refractivity contribution in [1.29, 1.82) is 0 Å². The summed E-state index contributed by atoms with van der Waals surface area (Å²) >= 11 is 0. The molecule has 0 saturated heterocycles. The Morgan fingerprint density at radius 3 is 1.45 bits per heavy atom. The lowest BCUT2D eigenvalue weighted by Crippen LogP contribution is -2.06. The molecule has 0 aliphatic heterocycles. The van der Waals surface area contributed by atoms with E-state index in [2.05, 4.69) is 137 Å². The van der Waals surface area contributed by atoms with E-state index in [1.54, 1.807) is 0 Å². The molecular weight excluding hydrogens is 454 g/mol. The molecule has 0 heterocycles. The quantitative estimate of drug-likeness (QED) is 0.139. The van der Waals surface area contributed by atoms with E-state index < -0.39 is 0 Å². The lowest BCUT2D eigenvalue weighted by atomic mass is 9.81. The van der Waals surface area contributed by atoms with Gasteiger partial charge >= 0.3 is 0 Å². The van der Waals surface area contributed by atoms with E-state index in [0.717, 1.165) is 0 Å². The summed E-state index contributed by atoms with van der Waals surface area (Å²) in [5.41, 5.74) is 5.29. The van der Waals surface area contributed by atoms with Gasteiger partial charge in [-0.25, -0.2) is 0 Å². The highest BCUT2D eigenvalue weighted by Gasteiger charge is 2.15. The van der Waals surface area contributed by atoms with Gasteiger partial charge in [0, 0.05) is 0 Å². The zero-order valence-corrected chi connectivity index (χ0v) is 21.5. The van der Waals surface area contributed by atoms with Crippen molar-refractivity contribution in [3.05, 3.63) is 121 Å². The fraction of sp³-hybridized carbons (Fsp3) is 0. The van der Waals surface area contributed by atoms with Gasteiger partial charge in [-0.15, -0.1) is 0 Å². The monoisotopic (exact) mass is 478 g/mol. The SMILES string of the molecule is Bc1c2ccccc2cc2c1ccc1c(-c3cc4c(B)c5ccccc5cc4c4ccccc34)cccc12. The van der Waals surface area contributed by atoms with Crippen LogP contribution in [0.5, 0.6) is 0 Å². The Hall–Kier alpha value is -4.55. The van der Waals surface area contributed by atoms with Crippen LogP contribution in [0, 0.1) is 0 Å². The van der Waals surface area contributed by atoms with Crippen molar-refractivity contribution in [2.24, 2.45) is 0 Å². The zero-order chi connectivity index (χ0) is 25.4. The first-order valence-corrected chi connectivity index (χ1v) is 13.4. The molecule has 8 rings (SSSR count). The fourth-order valence-corrected chi connectivity index (χ4v) is 6.71. The van der Waals surface area contributed by atoms with Gasteiger partial charge in [-0.05, 0) is 94.0 Å². The van der Waals surface area contributed by atoms with Gasteiger partial charge in [-0.1, -0.05) is 114 Å². The standard InChI is InChI=1S/C36H24B2/c37-35-23-10-3-1-8-21(23)18-31-27-14-7-15-28(29(27)16-17-30(31)35)33-20-34-32(25-12-5-6-13-26(25)33)19-22-9-2-4-11-24(22)36(34)38/h1-20H,37-38H2. The van der Waals surface area contributed by atoms with E-state index in [-0.39, 0.29) is 0 Å². The average Bonchev–Trinajstić information content (AvgIpc) is 2.97. The van der Waals surface area contributed by atoms with Gasteiger partial charge in [0.25, 0.3) is 0 Å². The maximum absolute atomic E-state index is 2.43. The lowest BCUT2D eigenvalue weighted by Gasteiger charge is -2.17. The molecule has 0 nitrogen and oxygen atoms in total. The van der Waals surface area contributed by atoms with E-state index in [1.807, 2.05) is 0 Å². The minimum absolute atomic E-state index is 1.29. The highest BCUT2D eigenvalue weighted by molar-refractivity contribution is 6.47.